The van der Waals surface area contributed by atoms with Crippen LogP contribution in [0.25, 0.3) is 0 Å². The molecule has 104 valence electrons. The first-order valence-corrected chi connectivity index (χ1v) is 6.96. The van der Waals surface area contributed by atoms with Crippen molar-refractivity contribution in [2.24, 2.45) is 5.41 Å². The zero-order chi connectivity index (χ0) is 14.0. The van der Waals surface area contributed by atoms with Gasteiger partial charge in [-0.15, -0.1) is 0 Å². The van der Waals surface area contributed by atoms with Crippen LogP contribution in [0.3, 0.4) is 0 Å². The molecule has 2 rings (SSSR count). The van der Waals surface area contributed by atoms with Gasteiger partial charge in [0.1, 0.15) is 0 Å². The number of rotatable bonds is 4. The second kappa shape index (κ2) is 5.24. The summed E-state index contributed by atoms with van der Waals surface area (Å²) >= 11 is 0. The number of carboxylic acid groups (broad SMARTS) is 1. The van der Waals surface area contributed by atoms with Gasteiger partial charge in [0.05, 0.1) is 5.41 Å². The lowest BCUT2D eigenvalue weighted by atomic mass is 9.90. The maximum atomic E-state index is 11.2. The fraction of sp³-hybridized carbons (Fsp3) is 0.562. The van der Waals surface area contributed by atoms with Crippen molar-refractivity contribution < 1.29 is 9.90 Å². The van der Waals surface area contributed by atoms with Crippen LogP contribution in [0.2, 0.25) is 0 Å². The van der Waals surface area contributed by atoms with Crippen LogP contribution in [0.1, 0.15) is 37.8 Å². The van der Waals surface area contributed by atoms with Crippen molar-refractivity contribution in [2.45, 2.75) is 39.5 Å². The van der Waals surface area contributed by atoms with Crippen molar-refractivity contribution >= 4 is 11.7 Å². The Labute approximate surface area is 115 Å². The van der Waals surface area contributed by atoms with Gasteiger partial charge in [-0.05, 0) is 62.8 Å². The minimum Gasteiger partial charge on any atom is -0.481 e. The number of hydrogen-bond donors (Lipinski definition) is 1. The number of nitrogens with zero attached hydrogens (tertiary/aromatic N) is 1. The fourth-order valence-electron chi connectivity index (χ4n) is 2.71. The number of benzene rings is 1. The smallest absolute Gasteiger partial charge is 0.310 e. The Hall–Kier alpha value is -1.51. The standard InChI is InChI=1S/C16H23NO2/c1-16(2,15(18)19)11-17(3)14-9-8-12-6-4-5-7-13(12)10-14/h8-10H,4-7,11H2,1-3H3,(H,18,19). The number of aliphatic carboxylic acids is 1. The van der Waals surface area contributed by atoms with Crippen LogP contribution in [0.5, 0.6) is 0 Å². The van der Waals surface area contributed by atoms with Gasteiger partial charge in [-0.2, -0.15) is 0 Å². The third-order valence-electron chi connectivity index (χ3n) is 3.98. The van der Waals surface area contributed by atoms with Crippen molar-refractivity contribution in [1.82, 2.24) is 0 Å². The number of hydrogen-bond acceptors (Lipinski definition) is 2. The molecule has 1 aliphatic rings. The monoisotopic (exact) mass is 261 g/mol. The lowest BCUT2D eigenvalue weighted by molar-refractivity contribution is -0.146. The summed E-state index contributed by atoms with van der Waals surface area (Å²) < 4.78 is 0. The summed E-state index contributed by atoms with van der Waals surface area (Å²) in [5, 5.41) is 9.20. The molecule has 0 radical (unpaired) electrons. The van der Waals surface area contributed by atoms with Crippen LogP contribution in [0.4, 0.5) is 5.69 Å². The second-order valence-corrected chi connectivity index (χ2v) is 6.21. The van der Waals surface area contributed by atoms with E-state index in [1.165, 1.54) is 30.4 Å². The Morgan fingerprint density at radius 1 is 1.26 bits per heavy atom. The first-order valence-electron chi connectivity index (χ1n) is 6.96. The Balaban J connectivity index is 2.15. The Morgan fingerprint density at radius 2 is 1.89 bits per heavy atom. The molecule has 0 aliphatic heterocycles. The zero-order valence-corrected chi connectivity index (χ0v) is 12.1. The number of fused-ring (bicyclic) bond motifs is 1. The third kappa shape index (κ3) is 3.09. The summed E-state index contributed by atoms with van der Waals surface area (Å²) in [6.45, 7) is 4.05. The molecular formula is C16H23NO2. The number of anilines is 1. The highest BCUT2D eigenvalue weighted by molar-refractivity contribution is 5.74. The van der Waals surface area contributed by atoms with E-state index in [0.29, 0.717) is 6.54 Å². The average Bonchev–Trinajstić information content (AvgIpc) is 2.37. The van der Waals surface area contributed by atoms with E-state index in [2.05, 4.69) is 18.2 Å². The van der Waals surface area contributed by atoms with Gasteiger partial charge in [0.2, 0.25) is 0 Å². The van der Waals surface area contributed by atoms with Crippen LogP contribution in [-0.2, 0) is 17.6 Å². The molecule has 0 heterocycles. The van der Waals surface area contributed by atoms with E-state index in [0.717, 1.165) is 12.1 Å². The predicted molar refractivity (Wildman–Crippen MR) is 77.8 cm³/mol. The van der Waals surface area contributed by atoms with Crippen LogP contribution >= 0.6 is 0 Å². The molecule has 19 heavy (non-hydrogen) atoms. The molecule has 0 saturated heterocycles. The molecule has 0 amide bonds. The van der Waals surface area contributed by atoms with E-state index >= 15 is 0 Å². The molecule has 1 N–H and O–H groups in total. The molecule has 0 spiro atoms. The molecule has 0 fully saturated rings. The first-order chi connectivity index (χ1) is 8.90. The molecular weight excluding hydrogens is 238 g/mol. The van der Waals surface area contributed by atoms with Crippen LogP contribution in [0, 0.1) is 5.41 Å². The molecule has 0 saturated carbocycles. The zero-order valence-electron chi connectivity index (χ0n) is 12.1. The van der Waals surface area contributed by atoms with Gasteiger partial charge in [-0.25, -0.2) is 0 Å². The predicted octanol–water partition coefficient (Wildman–Crippen LogP) is 3.11. The molecule has 1 aromatic rings. The van der Waals surface area contributed by atoms with E-state index in [-0.39, 0.29) is 0 Å². The van der Waals surface area contributed by atoms with E-state index in [4.69, 9.17) is 0 Å². The van der Waals surface area contributed by atoms with Crippen LogP contribution in [0.15, 0.2) is 18.2 Å². The Morgan fingerprint density at radius 3 is 2.53 bits per heavy atom. The van der Waals surface area contributed by atoms with Gasteiger partial charge in [0.25, 0.3) is 0 Å². The summed E-state index contributed by atoms with van der Waals surface area (Å²) in [5.74, 6) is -0.752. The second-order valence-electron chi connectivity index (χ2n) is 6.21. The fourth-order valence-corrected chi connectivity index (χ4v) is 2.71. The van der Waals surface area contributed by atoms with Gasteiger partial charge in [-0.3, -0.25) is 4.79 Å². The van der Waals surface area contributed by atoms with Crippen molar-refractivity contribution in [1.29, 1.82) is 0 Å². The maximum Gasteiger partial charge on any atom is 0.310 e. The summed E-state index contributed by atoms with van der Waals surface area (Å²) in [7, 11) is 1.97. The number of carbonyl (C=O) groups is 1. The highest BCUT2D eigenvalue weighted by atomic mass is 16.4. The first kappa shape index (κ1) is 13.9. The molecule has 1 aromatic carbocycles. The molecule has 0 aromatic heterocycles. The molecule has 0 atom stereocenters. The minimum absolute atomic E-state index is 0.515. The maximum absolute atomic E-state index is 11.2. The van der Waals surface area contributed by atoms with E-state index in [1.54, 1.807) is 13.8 Å². The lowest BCUT2D eigenvalue weighted by Gasteiger charge is -2.29. The quantitative estimate of drug-likeness (QED) is 0.905. The molecule has 0 bridgehead atoms. The third-order valence-corrected chi connectivity index (χ3v) is 3.98. The van der Waals surface area contributed by atoms with Crippen LogP contribution in [-0.4, -0.2) is 24.7 Å². The number of carboxylic acids is 1. The highest BCUT2D eigenvalue weighted by Gasteiger charge is 2.29. The van der Waals surface area contributed by atoms with E-state index in [9.17, 15) is 9.90 Å². The summed E-state index contributed by atoms with van der Waals surface area (Å²) in [4.78, 5) is 13.2. The Bertz CT molecular complexity index is 480. The summed E-state index contributed by atoms with van der Waals surface area (Å²) in [5.41, 5.74) is 3.28. The van der Waals surface area contributed by atoms with E-state index in [1.807, 2.05) is 11.9 Å². The van der Waals surface area contributed by atoms with Crippen LogP contribution < -0.4 is 4.90 Å². The highest BCUT2D eigenvalue weighted by Crippen LogP contribution is 2.27. The average molecular weight is 261 g/mol. The Kier molecular flexibility index (Phi) is 3.83. The molecule has 3 heteroatoms. The molecule has 3 nitrogen and oxygen atoms in total. The summed E-state index contributed by atoms with van der Waals surface area (Å²) in [6.07, 6.45) is 4.88. The number of aryl methyl sites for hydroxylation is 2. The van der Waals surface area contributed by atoms with Gasteiger partial charge in [-0.1, -0.05) is 6.07 Å². The lowest BCUT2D eigenvalue weighted by Crippen LogP contribution is -2.37. The van der Waals surface area contributed by atoms with Crippen molar-refractivity contribution in [2.75, 3.05) is 18.5 Å². The van der Waals surface area contributed by atoms with Gasteiger partial charge in [0, 0.05) is 19.3 Å². The van der Waals surface area contributed by atoms with Gasteiger partial charge in [0.15, 0.2) is 0 Å². The van der Waals surface area contributed by atoms with E-state index < -0.39 is 11.4 Å². The largest absolute Gasteiger partial charge is 0.481 e. The molecule has 1 aliphatic carbocycles. The molecule has 0 unspecified atom stereocenters. The normalized spacial score (nSPS) is 14.9. The van der Waals surface area contributed by atoms with Gasteiger partial charge < -0.3 is 10.0 Å². The minimum atomic E-state index is -0.752. The topological polar surface area (TPSA) is 40.5 Å². The van der Waals surface area contributed by atoms with Crippen molar-refractivity contribution in [3.63, 3.8) is 0 Å². The summed E-state index contributed by atoms with van der Waals surface area (Å²) in [6, 6.07) is 6.54. The van der Waals surface area contributed by atoms with Crippen molar-refractivity contribution in [3.05, 3.63) is 29.3 Å². The SMILES string of the molecule is CN(CC(C)(C)C(=O)O)c1ccc2c(c1)CCCC2. The van der Waals surface area contributed by atoms with Crippen molar-refractivity contribution in [3.8, 4) is 0 Å². The van der Waals surface area contributed by atoms with Gasteiger partial charge >= 0.3 is 5.97 Å².